The average molecular weight is 434 g/mol. The van der Waals surface area contributed by atoms with Gasteiger partial charge in [-0.1, -0.05) is 34.8 Å². The number of halogens is 3. The van der Waals surface area contributed by atoms with Gasteiger partial charge in [0, 0.05) is 17.7 Å². The lowest BCUT2D eigenvalue weighted by Gasteiger charge is -2.31. The second-order valence-corrected chi connectivity index (χ2v) is 9.08. The molecule has 0 spiro atoms. The summed E-state index contributed by atoms with van der Waals surface area (Å²) in [6.07, 6.45) is 0. The Morgan fingerprint density at radius 2 is 1.72 bits per heavy atom. The van der Waals surface area contributed by atoms with Crippen molar-refractivity contribution in [1.82, 2.24) is 5.32 Å². The first-order valence-electron chi connectivity index (χ1n) is 7.06. The summed E-state index contributed by atoms with van der Waals surface area (Å²) >= 11 is 17.5. The molecule has 12 heteroatoms. The fourth-order valence-electron chi connectivity index (χ4n) is 1.83. The van der Waals surface area contributed by atoms with Crippen molar-refractivity contribution in [3.8, 4) is 0 Å². The van der Waals surface area contributed by atoms with E-state index in [2.05, 4.69) is 5.32 Å². The molecule has 1 amide bonds. The van der Waals surface area contributed by atoms with Crippen LogP contribution in [-0.4, -0.2) is 33.6 Å². The Morgan fingerprint density at radius 3 is 2.08 bits per heavy atom. The molecule has 0 aliphatic heterocycles. The van der Waals surface area contributed by atoms with Gasteiger partial charge in [0.2, 0.25) is 3.79 Å². The second kappa shape index (κ2) is 9.16. The number of benzene rings is 1. The van der Waals surface area contributed by atoms with Gasteiger partial charge in [0.1, 0.15) is 0 Å². The molecular weight excluding hydrogens is 417 g/mol. The van der Waals surface area contributed by atoms with Gasteiger partial charge in [0.25, 0.3) is 11.6 Å². The highest BCUT2D eigenvalue weighted by Crippen LogP contribution is 2.58. The van der Waals surface area contributed by atoms with Crippen molar-refractivity contribution in [2.45, 2.75) is 23.4 Å². The van der Waals surface area contributed by atoms with Crippen LogP contribution in [0.25, 0.3) is 0 Å². The molecular formula is C13H16Cl3N2O6P. The fraction of sp³-hybridized carbons (Fsp3) is 0.462. The summed E-state index contributed by atoms with van der Waals surface area (Å²) in [5.41, 5.74) is -0.145. The molecule has 0 unspecified atom stereocenters. The van der Waals surface area contributed by atoms with Gasteiger partial charge in [-0.15, -0.1) is 0 Å². The zero-order valence-electron chi connectivity index (χ0n) is 13.3. The molecule has 0 fully saturated rings. The van der Waals surface area contributed by atoms with Crippen molar-refractivity contribution in [3.05, 3.63) is 39.9 Å². The van der Waals surface area contributed by atoms with E-state index in [0.717, 1.165) is 12.1 Å². The van der Waals surface area contributed by atoms with E-state index < -0.39 is 28.0 Å². The minimum Gasteiger partial charge on any atom is -0.334 e. The van der Waals surface area contributed by atoms with Gasteiger partial charge in [-0.05, 0) is 26.0 Å². The highest BCUT2D eigenvalue weighted by Gasteiger charge is 2.49. The van der Waals surface area contributed by atoms with Gasteiger partial charge in [-0.25, -0.2) is 0 Å². The van der Waals surface area contributed by atoms with Crippen molar-refractivity contribution >= 4 is 54.0 Å². The zero-order valence-corrected chi connectivity index (χ0v) is 16.4. The van der Waals surface area contributed by atoms with Gasteiger partial charge in [-0.3, -0.25) is 19.5 Å². The molecule has 1 N–H and O–H groups in total. The molecule has 1 rings (SSSR count). The van der Waals surface area contributed by atoms with Gasteiger partial charge in [-0.2, -0.15) is 0 Å². The number of carbonyl (C=O) groups is 1. The van der Waals surface area contributed by atoms with E-state index in [1.165, 1.54) is 12.1 Å². The first kappa shape index (κ1) is 22.2. The molecule has 0 radical (unpaired) electrons. The number of nitro groups is 1. The monoisotopic (exact) mass is 432 g/mol. The van der Waals surface area contributed by atoms with E-state index in [-0.39, 0.29) is 24.5 Å². The highest BCUT2D eigenvalue weighted by molar-refractivity contribution is 7.55. The van der Waals surface area contributed by atoms with Crippen LogP contribution in [0.2, 0.25) is 0 Å². The summed E-state index contributed by atoms with van der Waals surface area (Å²) < 4.78 is 20.9. The van der Waals surface area contributed by atoms with E-state index in [9.17, 15) is 19.5 Å². The van der Waals surface area contributed by atoms with Crippen molar-refractivity contribution in [3.63, 3.8) is 0 Å². The summed E-state index contributed by atoms with van der Waals surface area (Å²) in [4.78, 5) is 22.4. The van der Waals surface area contributed by atoms with Crippen molar-refractivity contribution < 1.29 is 23.3 Å². The third-order valence-corrected chi connectivity index (χ3v) is 6.35. The first-order valence-corrected chi connectivity index (χ1v) is 9.80. The van der Waals surface area contributed by atoms with E-state index in [0.29, 0.717) is 0 Å². The largest absolute Gasteiger partial charge is 0.357 e. The molecule has 1 aromatic carbocycles. The van der Waals surface area contributed by atoms with Crippen LogP contribution < -0.4 is 5.32 Å². The lowest BCUT2D eigenvalue weighted by atomic mass is 10.2. The Hall–Kier alpha value is -0.890. The molecule has 0 aliphatic carbocycles. The van der Waals surface area contributed by atoms with E-state index in [4.69, 9.17) is 43.9 Å². The maximum Gasteiger partial charge on any atom is 0.357 e. The smallest absolute Gasteiger partial charge is 0.334 e. The van der Waals surface area contributed by atoms with Crippen LogP contribution >= 0.6 is 42.4 Å². The number of alkyl halides is 3. The molecule has 25 heavy (non-hydrogen) atoms. The van der Waals surface area contributed by atoms with Crippen LogP contribution in [0, 0.1) is 10.1 Å². The molecule has 0 aromatic heterocycles. The van der Waals surface area contributed by atoms with Crippen LogP contribution in [-0.2, 0) is 13.6 Å². The molecule has 0 aliphatic rings. The Bertz CT molecular complexity index is 655. The predicted octanol–water partition coefficient (Wildman–Crippen LogP) is 4.29. The number of carbonyl (C=O) groups excluding carboxylic acids is 1. The molecule has 1 aromatic rings. The molecule has 140 valence electrons. The van der Waals surface area contributed by atoms with Crippen molar-refractivity contribution in [1.29, 1.82) is 0 Å². The van der Waals surface area contributed by atoms with Crippen LogP contribution in [0.15, 0.2) is 24.3 Å². The molecule has 1 atom stereocenters. The maximum absolute atomic E-state index is 12.9. The average Bonchev–Trinajstić information content (AvgIpc) is 2.51. The third-order valence-electron chi connectivity index (χ3n) is 2.85. The van der Waals surface area contributed by atoms with Crippen molar-refractivity contribution in [2.75, 3.05) is 13.2 Å². The molecule has 0 bridgehead atoms. The summed E-state index contributed by atoms with van der Waals surface area (Å²) in [6, 6.07) is 4.72. The summed E-state index contributed by atoms with van der Waals surface area (Å²) in [5.74, 6) is -2.33. The van der Waals surface area contributed by atoms with Crippen LogP contribution in [0.4, 0.5) is 5.69 Å². The summed E-state index contributed by atoms with van der Waals surface area (Å²) in [6.45, 7) is 3.14. The van der Waals surface area contributed by atoms with E-state index >= 15 is 0 Å². The number of nitrogens with one attached hydrogen (secondary N) is 1. The number of amides is 1. The van der Waals surface area contributed by atoms with E-state index in [1.54, 1.807) is 13.8 Å². The lowest BCUT2D eigenvalue weighted by Crippen LogP contribution is -2.44. The Kier molecular flexibility index (Phi) is 8.12. The number of nitrogens with zero attached hydrogens (tertiary/aromatic N) is 1. The van der Waals surface area contributed by atoms with E-state index in [1.807, 2.05) is 0 Å². The standard InChI is InChI=1S/C13H16Cl3N2O6P/c1-3-23-25(22,24-4-2)12(13(14,15)16)17-11(19)9-5-7-10(8-6-9)18(20)21/h5-8,12H,3-4H2,1-2H3,(H,17,19)/t12-/m0/s1. The number of hydrogen-bond donors (Lipinski definition) is 1. The quantitative estimate of drug-likeness (QED) is 0.284. The third kappa shape index (κ3) is 6.09. The van der Waals surface area contributed by atoms with Gasteiger partial charge < -0.3 is 14.4 Å². The molecule has 8 nitrogen and oxygen atoms in total. The number of rotatable bonds is 8. The molecule has 0 heterocycles. The van der Waals surface area contributed by atoms with Gasteiger partial charge in [0.05, 0.1) is 18.1 Å². The zero-order chi connectivity index (χ0) is 19.3. The van der Waals surface area contributed by atoms with Crippen LogP contribution in [0.5, 0.6) is 0 Å². The Labute approximate surface area is 159 Å². The Balaban J connectivity index is 3.11. The second-order valence-electron chi connectivity index (χ2n) is 4.60. The minimum absolute atomic E-state index is 0.00191. The molecule has 0 saturated carbocycles. The van der Waals surface area contributed by atoms with Gasteiger partial charge in [0.15, 0.2) is 5.78 Å². The minimum atomic E-state index is -3.99. The van der Waals surface area contributed by atoms with Crippen molar-refractivity contribution in [2.24, 2.45) is 0 Å². The fourth-order valence-corrected chi connectivity index (χ4v) is 4.79. The number of non-ortho nitro benzene ring substituents is 1. The lowest BCUT2D eigenvalue weighted by molar-refractivity contribution is -0.384. The SMILES string of the molecule is CCOP(=O)(OCC)[C@H](NC(=O)c1ccc([N+](=O)[O-])cc1)C(Cl)(Cl)Cl. The topological polar surface area (TPSA) is 108 Å². The normalized spacial score (nSPS) is 13.3. The number of hydrogen-bond acceptors (Lipinski definition) is 6. The highest BCUT2D eigenvalue weighted by atomic mass is 35.6. The maximum atomic E-state index is 12.9. The summed E-state index contributed by atoms with van der Waals surface area (Å²) in [5, 5.41) is 13.0. The van der Waals surface area contributed by atoms with Gasteiger partial charge >= 0.3 is 7.60 Å². The predicted molar refractivity (Wildman–Crippen MR) is 95.5 cm³/mol. The summed E-state index contributed by atoms with van der Waals surface area (Å²) in [7, 11) is -3.99. The number of nitro benzene ring substituents is 1. The van der Waals surface area contributed by atoms with Crippen LogP contribution in [0.3, 0.4) is 0 Å². The first-order chi connectivity index (χ1) is 11.5. The molecule has 0 saturated heterocycles. The Morgan fingerprint density at radius 1 is 1.24 bits per heavy atom. The van der Waals surface area contributed by atoms with Crippen LogP contribution in [0.1, 0.15) is 24.2 Å².